The Balaban J connectivity index is 1.62. The normalized spacial score (nSPS) is 20.3. The van der Waals surface area contributed by atoms with E-state index in [1.807, 2.05) is 30.3 Å². The van der Waals surface area contributed by atoms with E-state index in [1.54, 1.807) is 4.90 Å². The Morgan fingerprint density at radius 2 is 1.88 bits per heavy atom. The van der Waals surface area contributed by atoms with Crippen molar-refractivity contribution in [2.24, 2.45) is 0 Å². The van der Waals surface area contributed by atoms with Gasteiger partial charge in [0.05, 0.1) is 25.8 Å². The number of ether oxygens (including phenoxy) is 1. The maximum absolute atomic E-state index is 12.5. The van der Waals surface area contributed by atoms with Crippen LogP contribution in [0.3, 0.4) is 0 Å². The SMILES string of the molecule is O=C(CN1CCCCC1=O)NC(CN1CCOCC1)c1ccccc1. The molecular formula is C19H27N3O3. The fourth-order valence-corrected chi connectivity index (χ4v) is 3.40. The molecule has 6 heteroatoms. The minimum atomic E-state index is -0.0858. The molecule has 2 aliphatic rings. The van der Waals surface area contributed by atoms with Crippen LogP contribution in [0.25, 0.3) is 0 Å². The van der Waals surface area contributed by atoms with Crippen LogP contribution in [0.4, 0.5) is 0 Å². The summed E-state index contributed by atoms with van der Waals surface area (Å²) < 4.78 is 5.41. The summed E-state index contributed by atoms with van der Waals surface area (Å²) in [5.74, 6) is 0.00297. The third kappa shape index (κ3) is 5.28. The number of nitrogens with zero attached hydrogens (tertiary/aromatic N) is 2. The van der Waals surface area contributed by atoms with Crippen LogP contribution in [-0.4, -0.2) is 67.6 Å². The molecule has 0 aromatic heterocycles. The largest absolute Gasteiger partial charge is 0.379 e. The fourth-order valence-electron chi connectivity index (χ4n) is 3.40. The predicted molar refractivity (Wildman–Crippen MR) is 95.0 cm³/mol. The van der Waals surface area contributed by atoms with E-state index < -0.39 is 0 Å². The van der Waals surface area contributed by atoms with Crippen molar-refractivity contribution in [1.29, 1.82) is 0 Å². The van der Waals surface area contributed by atoms with Gasteiger partial charge in [0.2, 0.25) is 11.8 Å². The first-order chi connectivity index (χ1) is 12.2. The highest BCUT2D eigenvalue weighted by Gasteiger charge is 2.24. The van der Waals surface area contributed by atoms with Crippen LogP contribution in [0.5, 0.6) is 0 Å². The van der Waals surface area contributed by atoms with Gasteiger partial charge in [-0.25, -0.2) is 0 Å². The van der Waals surface area contributed by atoms with Gasteiger partial charge in [0.15, 0.2) is 0 Å². The molecular weight excluding hydrogens is 318 g/mol. The molecule has 0 radical (unpaired) electrons. The van der Waals surface area contributed by atoms with E-state index in [4.69, 9.17) is 4.74 Å². The average molecular weight is 345 g/mol. The zero-order valence-corrected chi connectivity index (χ0v) is 14.7. The van der Waals surface area contributed by atoms with Crippen molar-refractivity contribution in [3.8, 4) is 0 Å². The molecule has 2 aliphatic heterocycles. The summed E-state index contributed by atoms with van der Waals surface area (Å²) in [6.45, 7) is 4.83. The predicted octanol–water partition coefficient (Wildman–Crippen LogP) is 1.19. The first-order valence-electron chi connectivity index (χ1n) is 9.14. The van der Waals surface area contributed by atoms with E-state index in [9.17, 15) is 9.59 Å². The number of carbonyl (C=O) groups is 2. The second-order valence-electron chi connectivity index (χ2n) is 6.72. The van der Waals surface area contributed by atoms with Gasteiger partial charge in [-0.2, -0.15) is 0 Å². The van der Waals surface area contributed by atoms with Gasteiger partial charge in [-0.1, -0.05) is 30.3 Å². The average Bonchev–Trinajstić information content (AvgIpc) is 2.65. The van der Waals surface area contributed by atoms with E-state index >= 15 is 0 Å². The second-order valence-corrected chi connectivity index (χ2v) is 6.72. The highest BCUT2D eigenvalue weighted by atomic mass is 16.5. The lowest BCUT2D eigenvalue weighted by atomic mass is 10.1. The van der Waals surface area contributed by atoms with E-state index in [1.165, 1.54) is 0 Å². The van der Waals surface area contributed by atoms with Gasteiger partial charge in [0.25, 0.3) is 0 Å². The number of benzene rings is 1. The Kier molecular flexibility index (Phi) is 6.42. The summed E-state index contributed by atoms with van der Waals surface area (Å²) in [6.07, 6.45) is 2.47. The van der Waals surface area contributed by atoms with Crippen molar-refractivity contribution in [3.63, 3.8) is 0 Å². The molecule has 6 nitrogen and oxygen atoms in total. The molecule has 1 unspecified atom stereocenters. The van der Waals surface area contributed by atoms with E-state index in [-0.39, 0.29) is 24.4 Å². The highest BCUT2D eigenvalue weighted by molar-refractivity contribution is 5.85. The van der Waals surface area contributed by atoms with E-state index in [2.05, 4.69) is 10.2 Å². The summed E-state index contributed by atoms with van der Waals surface area (Å²) in [5.41, 5.74) is 1.09. The Hall–Kier alpha value is -1.92. The van der Waals surface area contributed by atoms with E-state index in [0.717, 1.165) is 51.3 Å². The monoisotopic (exact) mass is 345 g/mol. The summed E-state index contributed by atoms with van der Waals surface area (Å²) in [6, 6.07) is 9.95. The standard InChI is InChI=1S/C19H27N3O3/c23-18(15-22-9-5-4-8-19(22)24)20-17(16-6-2-1-3-7-16)14-21-10-12-25-13-11-21/h1-3,6-7,17H,4-5,8-15H2,(H,20,23). The molecule has 0 aliphatic carbocycles. The molecule has 1 N–H and O–H groups in total. The van der Waals surface area contributed by atoms with Gasteiger partial charge in [-0.3, -0.25) is 14.5 Å². The summed E-state index contributed by atoms with van der Waals surface area (Å²) >= 11 is 0. The third-order valence-corrected chi connectivity index (χ3v) is 4.84. The molecule has 0 saturated carbocycles. The van der Waals surface area contributed by atoms with Crippen molar-refractivity contribution in [2.75, 3.05) is 45.9 Å². The maximum Gasteiger partial charge on any atom is 0.240 e. The van der Waals surface area contributed by atoms with Crippen LogP contribution in [0.15, 0.2) is 30.3 Å². The van der Waals surface area contributed by atoms with Crippen LogP contribution in [0.2, 0.25) is 0 Å². The van der Waals surface area contributed by atoms with Crippen LogP contribution in [0.1, 0.15) is 30.9 Å². The number of morpholine rings is 1. The second kappa shape index (κ2) is 8.97. The Morgan fingerprint density at radius 1 is 1.12 bits per heavy atom. The lowest BCUT2D eigenvalue weighted by Gasteiger charge is -2.32. The quantitative estimate of drug-likeness (QED) is 0.841. The molecule has 136 valence electrons. The van der Waals surface area contributed by atoms with Crippen molar-refractivity contribution in [3.05, 3.63) is 35.9 Å². The molecule has 1 aromatic rings. The zero-order valence-electron chi connectivity index (χ0n) is 14.7. The first kappa shape index (κ1) is 17.9. The topological polar surface area (TPSA) is 61.9 Å². The Morgan fingerprint density at radius 3 is 2.60 bits per heavy atom. The van der Waals surface area contributed by atoms with Gasteiger partial charge in [0, 0.05) is 32.6 Å². The molecule has 1 atom stereocenters. The fraction of sp³-hybridized carbons (Fsp3) is 0.579. The van der Waals surface area contributed by atoms with Crippen LogP contribution < -0.4 is 5.32 Å². The Labute approximate surface area is 149 Å². The summed E-state index contributed by atoms with van der Waals surface area (Å²) in [5, 5.41) is 3.13. The zero-order chi connectivity index (χ0) is 17.5. The number of likely N-dealkylation sites (tertiary alicyclic amines) is 1. The van der Waals surface area contributed by atoms with Gasteiger partial charge in [-0.05, 0) is 18.4 Å². The number of hydrogen-bond donors (Lipinski definition) is 1. The van der Waals surface area contributed by atoms with Crippen LogP contribution in [0, 0.1) is 0 Å². The van der Waals surface area contributed by atoms with Crippen LogP contribution >= 0.6 is 0 Å². The molecule has 3 rings (SSSR count). The molecule has 2 fully saturated rings. The lowest BCUT2D eigenvalue weighted by Crippen LogP contribution is -2.47. The minimum Gasteiger partial charge on any atom is -0.379 e. The van der Waals surface area contributed by atoms with Gasteiger partial charge < -0.3 is 15.0 Å². The van der Waals surface area contributed by atoms with Crippen molar-refractivity contribution < 1.29 is 14.3 Å². The number of rotatable bonds is 6. The number of hydrogen-bond acceptors (Lipinski definition) is 4. The summed E-state index contributed by atoms with van der Waals surface area (Å²) in [4.78, 5) is 28.4. The molecule has 1 aromatic carbocycles. The molecule has 2 saturated heterocycles. The highest BCUT2D eigenvalue weighted by Crippen LogP contribution is 2.16. The lowest BCUT2D eigenvalue weighted by molar-refractivity contribution is -0.138. The van der Waals surface area contributed by atoms with Gasteiger partial charge >= 0.3 is 0 Å². The molecule has 2 amide bonds. The van der Waals surface area contributed by atoms with Crippen molar-refractivity contribution in [1.82, 2.24) is 15.1 Å². The van der Waals surface area contributed by atoms with Crippen molar-refractivity contribution in [2.45, 2.75) is 25.3 Å². The molecule has 0 bridgehead atoms. The summed E-state index contributed by atoms with van der Waals surface area (Å²) in [7, 11) is 0. The minimum absolute atomic E-state index is 0.0771. The Bertz CT molecular complexity index is 573. The third-order valence-electron chi connectivity index (χ3n) is 4.84. The maximum atomic E-state index is 12.5. The van der Waals surface area contributed by atoms with Crippen molar-refractivity contribution >= 4 is 11.8 Å². The molecule has 0 spiro atoms. The van der Waals surface area contributed by atoms with Gasteiger partial charge in [-0.15, -0.1) is 0 Å². The first-order valence-corrected chi connectivity index (χ1v) is 9.14. The molecule has 2 heterocycles. The number of amides is 2. The molecule has 25 heavy (non-hydrogen) atoms. The van der Waals surface area contributed by atoms with E-state index in [0.29, 0.717) is 13.0 Å². The number of nitrogens with one attached hydrogen (secondary N) is 1. The van der Waals surface area contributed by atoms with Gasteiger partial charge in [0.1, 0.15) is 0 Å². The number of piperidine rings is 1. The van der Waals surface area contributed by atoms with Crippen LogP contribution in [-0.2, 0) is 14.3 Å². The number of carbonyl (C=O) groups excluding carboxylic acids is 2. The smallest absolute Gasteiger partial charge is 0.240 e.